The van der Waals surface area contributed by atoms with Gasteiger partial charge in [0.1, 0.15) is 17.3 Å². The van der Waals surface area contributed by atoms with Crippen molar-refractivity contribution in [3.63, 3.8) is 0 Å². The summed E-state index contributed by atoms with van der Waals surface area (Å²) in [7, 11) is -1.36. The van der Waals surface area contributed by atoms with Crippen molar-refractivity contribution in [1.29, 1.82) is 0 Å². The zero-order valence-corrected chi connectivity index (χ0v) is 17.6. The van der Waals surface area contributed by atoms with Gasteiger partial charge in [0.15, 0.2) is 0 Å². The monoisotopic (exact) mass is 433 g/mol. The Morgan fingerprint density at radius 3 is 2.93 bits per heavy atom. The predicted octanol–water partition coefficient (Wildman–Crippen LogP) is 1.56. The molecule has 2 aromatic heterocycles. The molecule has 0 radical (unpaired) electrons. The van der Waals surface area contributed by atoms with E-state index in [0.29, 0.717) is 12.2 Å². The van der Waals surface area contributed by atoms with Gasteiger partial charge in [0, 0.05) is 48.7 Å². The number of rotatable bonds is 10. The van der Waals surface area contributed by atoms with E-state index in [-0.39, 0.29) is 29.7 Å². The molecule has 2 aromatic rings. The minimum Gasteiger partial charge on any atom is -0.511 e. The van der Waals surface area contributed by atoms with E-state index in [1.165, 1.54) is 11.8 Å². The molecule has 3 heterocycles. The van der Waals surface area contributed by atoms with Crippen molar-refractivity contribution >= 4 is 16.7 Å². The molecule has 1 fully saturated rings. The van der Waals surface area contributed by atoms with Crippen LogP contribution in [0.25, 0.3) is 0 Å². The van der Waals surface area contributed by atoms with Crippen molar-refractivity contribution < 1.29 is 23.3 Å². The van der Waals surface area contributed by atoms with Gasteiger partial charge in [0.25, 0.3) is 0 Å². The van der Waals surface area contributed by atoms with E-state index in [1.807, 2.05) is 12.1 Å². The van der Waals surface area contributed by atoms with Crippen LogP contribution < -0.4 is 5.32 Å². The van der Waals surface area contributed by atoms with Crippen LogP contribution in [0, 0.1) is 0 Å². The van der Waals surface area contributed by atoms with Gasteiger partial charge in [-0.25, -0.2) is 0 Å². The van der Waals surface area contributed by atoms with Crippen molar-refractivity contribution in [2.75, 3.05) is 38.6 Å². The smallest absolute Gasteiger partial charge is 0.233 e. The fourth-order valence-electron chi connectivity index (χ4n) is 3.04. The first-order valence-corrected chi connectivity index (χ1v) is 11.3. The average Bonchev–Trinajstić information content (AvgIpc) is 3.24. The quantitative estimate of drug-likeness (QED) is 0.548. The summed E-state index contributed by atoms with van der Waals surface area (Å²) in [6.07, 6.45) is 5.36. The summed E-state index contributed by atoms with van der Waals surface area (Å²) >= 11 is 0. The van der Waals surface area contributed by atoms with E-state index >= 15 is 0 Å². The summed E-state index contributed by atoms with van der Waals surface area (Å²) in [5.41, 5.74) is 2.01. The second-order valence-electron chi connectivity index (χ2n) is 7.03. The third-order valence-corrected chi connectivity index (χ3v) is 5.77. The minimum absolute atomic E-state index is 0.00967. The van der Waals surface area contributed by atoms with Crippen molar-refractivity contribution in [2.45, 2.75) is 18.7 Å². The Kier molecular flexibility index (Phi) is 8.61. The van der Waals surface area contributed by atoms with Gasteiger partial charge >= 0.3 is 0 Å². The van der Waals surface area contributed by atoms with Gasteiger partial charge in [0.2, 0.25) is 5.91 Å². The Hall–Kier alpha value is -2.49. The number of nitrogens with zero attached hydrogens (tertiary/aromatic N) is 2. The summed E-state index contributed by atoms with van der Waals surface area (Å²) in [4.78, 5) is 18.6. The summed E-state index contributed by atoms with van der Waals surface area (Å²) in [6.45, 7) is 4.20. The molecule has 1 amide bonds. The second kappa shape index (κ2) is 11.6. The Morgan fingerprint density at radius 1 is 1.33 bits per heavy atom. The second-order valence-corrected chi connectivity index (χ2v) is 8.49. The first-order valence-electron chi connectivity index (χ1n) is 9.84. The van der Waals surface area contributed by atoms with Crippen LogP contribution in [0.1, 0.15) is 17.0 Å². The van der Waals surface area contributed by atoms with Crippen LogP contribution >= 0.6 is 0 Å². The number of pyridine rings is 1. The molecule has 1 saturated heterocycles. The number of nitrogens with one attached hydrogen (secondary N) is 1. The third kappa shape index (κ3) is 7.74. The van der Waals surface area contributed by atoms with E-state index in [4.69, 9.17) is 9.15 Å². The first kappa shape index (κ1) is 22.2. The predicted molar refractivity (Wildman–Crippen MR) is 113 cm³/mol. The standard InChI is InChI=1S/C21H27N3O5S/c25-19(13-23-21(26)16-30(27)15-20-2-1-9-29-20)4-3-18-12-17(5-6-22-18)14-24-7-10-28-11-8-24/h1-2,4-6,9,12,25H,3,7-8,10-11,13-16H2,(H,23,26). The molecule has 9 heteroatoms. The molecule has 162 valence electrons. The fraction of sp³-hybridized carbons (Fsp3) is 0.429. The summed E-state index contributed by atoms with van der Waals surface area (Å²) in [6, 6.07) is 7.44. The largest absolute Gasteiger partial charge is 0.511 e. The third-order valence-electron chi connectivity index (χ3n) is 4.58. The molecule has 1 unspecified atom stereocenters. The topological polar surface area (TPSA) is 105 Å². The fourth-order valence-corrected chi connectivity index (χ4v) is 4.02. The Bertz CT molecular complexity index is 863. The molecule has 8 nitrogen and oxygen atoms in total. The van der Waals surface area contributed by atoms with Gasteiger partial charge in [0.05, 0.1) is 31.8 Å². The molecular weight excluding hydrogens is 406 g/mol. The average molecular weight is 434 g/mol. The molecule has 1 atom stereocenters. The van der Waals surface area contributed by atoms with Gasteiger partial charge < -0.3 is 19.6 Å². The van der Waals surface area contributed by atoms with Gasteiger partial charge in [-0.1, -0.05) is 0 Å². The molecule has 0 saturated carbocycles. The van der Waals surface area contributed by atoms with Crippen molar-refractivity contribution in [1.82, 2.24) is 15.2 Å². The number of allylic oxidation sites excluding steroid dienone is 1. The van der Waals surface area contributed by atoms with E-state index in [2.05, 4.69) is 15.2 Å². The number of aromatic nitrogens is 1. The molecule has 1 aliphatic heterocycles. The van der Waals surface area contributed by atoms with Crippen LogP contribution in [0.5, 0.6) is 0 Å². The first-order chi connectivity index (χ1) is 14.6. The minimum atomic E-state index is -1.36. The zero-order valence-electron chi connectivity index (χ0n) is 16.8. The SMILES string of the molecule is O=C(CS(=O)Cc1ccco1)NCC(O)=CCc1cc(CN2CCOCC2)ccn1. The maximum absolute atomic E-state index is 11.9. The Labute approximate surface area is 178 Å². The number of hydrogen-bond donors (Lipinski definition) is 2. The Morgan fingerprint density at radius 2 is 2.17 bits per heavy atom. The van der Waals surface area contributed by atoms with Crippen LogP contribution in [0.15, 0.2) is 53.0 Å². The molecular formula is C21H27N3O5S. The lowest BCUT2D eigenvalue weighted by Gasteiger charge is -2.26. The Balaban J connectivity index is 1.40. The number of carbonyl (C=O) groups is 1. The van der Waals surface area contributed by atoms with Gasteiger partial charge in [-0.2, -0.15) is 0 Å². The number of hydrogen-bond acceptors (Lipinski definition) is 7. The number of ether oxygens (including phenoxy) is 1. The van der Waals surface area contributed by atoms with Crippen molar-refractivity contribution in [2.24, 2.45) is 0 Å². The lowest BCUT2D eigenvalue weighted by Crippen LogP contribution is -2.35. The van der Waals surface area contributed by atoms with Crippen molar-refractivity contribution in [3.05, 3.63) is 65.6 Å². The normalized spacial score (nSPS) is 16.3. The number of aliphatic hydroxyl groups excluding tert-OH is 1. The van der Waals surface area contributed by atoms with Crippen LogP contribution in [0.2, 0.25) is 0 Å². The van der Waals surface area contributed by atoms with Gasteiger partial charge in [-0.15, -0.1) is 0 Å². The molecule has 0 spiro atoms. The number of carbonyl (C=O) groups excluding carboxylic acids is 1. The van der Waals surface area contributed by atoms with Gasteiger partial charge in [-0.3, -0.25) is 18.9 Å². The molecule has 3 rings (SSSR count). The molecule has 0 bridgehead atoms. The molecule has 1 aliphatic rings. The molecule has 0 aromatic carbocycles. The zero-order chi connectivity index (χ0) is 21.2. The highest BCUT2D eigenvalue weighted by Crippen LogP contribution is 2.09. The lowest BCUT2D eigenvalue weighted by molar-refractivity contribution is -0.118. The molecule has 30 heavy (non-hydrogen) atoms. The number of furan rings is 1. The summed E-state index contributed by atoms with van der Waals surface area (Å²) in [5, 5.41) is 12.6. The van der Waals surface area contributed by atoms with Crippen LogP contribution in [-0.2, 0) is 39.0 Å². The number of morpholine rings is 1. The van der Waals surface area contributed by atoms with Crippen LogP contribution in [0.4, 0.5) is 0 Å². The lowest BCUT2D eigenvalue weighted by atomic mass is 10.1. The summed E-state index contributed by atoms with van der Waals surface area (Å²) < 4.78 is 22.4. The maximum Gasteiger partial charge on any atom is 0.233 e. The highest BCUT2D eigenvalue weighted by atomic mass is 32.2. The highest BCUT2D eigenvalue weighted by molar-refractivity contribution is 7.84. The van der Waals surface area contributed by atoms with E-state index in [0.717, 1.165) is 38.5 Å². The molecule has 0 aliphatic carbocycles. The van der Waals surface area contributed by atoms with E-state index in [1.54, 1.807) is 24.4 Å². The van der Waals surface area contributed by atoms with Crippen LogP contribution in [-0.4, -0.2) is 63.7 Å². The number of aliphatic hydroxyl groups is 1. The van der Waals surface area contributed by atoms with Crippen LogP contribution in [0.3, 0.4) is 0 Å². The van der Waals surface area contributed by atoms with E-state index in [9.17, 15) is 14.1 Å². The number of amides is 1. The van der Waals surface area contributed by atoms with Gasteiger partial charge in [-0.05, 0) is 35.9 Å². The molecule has 2 N–H and O–H groups in total. The van der Waals surface area contributed by atoms with E-state index < -0.39 is 10.8 Å². The summed E-state index contributed by atoms with van der Waals surface area (Å²) in [5.74, 6) is 0.284. The maximum atomic E-state index is 11.9. The highest BCUT2D eigenvalue weighted by Gasteiger charge is 2.12. The van der Waals surface area contributed by atoms with Crippen molar-refractivity contribution in [3.8, 4) is 0 Å².